The van der Waals surface area contributed by atoms with E-state index in [1.165, 1.54) is 4.90 Å². The number of benzene rings is 1. The first-order valence-corrected chi connectivity index (χ1v) is 13.0. The van der Waals surface area contributed by atoms with Crippen LogP contribution in [-0.4, -0.2) is 67.8 Å². The minimum absolute atomic E-state index is 0.0177. The second kappa shape index (κ2) is 9.16. The Hall–Kier alpha value is -1.29. The zero-order valence-corrected chi connectivity index (χ0v) is 21.0. The molecule has 3 aliphatic heterocycles. The quantitative estimate of drug-likeness (QED) is 0.459. The molecule has 0 aromatic heterocycles. The molecule has 3 fully saturated rings. The molecule has 1 aromatic carbocycles. The van der Waals surface area contributed by atoms with Crippen LogP contribution in [0.15, 0.2) is 24.3 Å². The number of nitrogens with one attached hydrogen (secondary N) is 2. The largest absolute Gasteiger partial charge is 0.394 e. The fourth-order valence-corrected chi connectivity index (χ4v) is 9.06. The van der Waals surface area contributed by atoms with Gasteiger partial charge in [0, 0.05) is 27.3 Å². The van der Waals surface area contributed by atoms with Crippen molar-refractivity contribution < 1.29 is 19.5 Å². The lowest BCUT2D eigenvalue weighted by Gasteiger charge is -2.36. The van der Waals surface area contributed by atoms with Crippen LogP contribution in [0.1, 0.15) is 26.7 Å². The number of amides is 3. The number of rotatable bonds is 7. The minimum Gasteiger partial charge on any atom is -0.394 e. The van der Waals surface area contributed by atoms with Gasteiger partial charge in [-0.05, 0) is 44.0 Å². The molecule has 3 aliphatic rings. The van der Waals surface area contributed by atoms with Crippen LogP contribution in [0.25, 0.3) is 0 Å². The highest BCUT2D eigenvalue weighted by Gasteiger charge is 2.75. The van der Waals surface area contributed by atoms with Crippen LogP contribution in [-0.2, 0) is 14.4 Å². The van der Waals surface area contributed by atoms with Crippen LogP contribution in [0.5, 0.6) is 0 Å². The molecule has 3 heterocycles. The maximum absolute atomic E-state index is 13.7. The van der Waals surface area contributed by atoms with Crippen molar-refractivity contribution in [1.29, 1.82) is 0 Å². The van der Waals surface area contributed by atoms with Crippen molar-refractivity contribution >= 4 is 62.7 Å². The van der Waals surface area contributed by atoms with Crippen molar-refractivity contribution in [3.8, 4) is 0 Å². The molecule has 0 aliphatic carbocycles. The molecular weight excluding hydrogens is 518 g/mol. The summed E-state index contributed by atoms with van der Waals surface area (Å²) in [6.45, 7) is 3.99. The van der Waals surface area contributed by atoms with Gasteiger partial charge >= 0.3 is 0 Å². The van der Waals surface area contributed by atoms with Crippen LogP contribution in [0.2, 0.25) is 5.02 Å². The lowest BCUT2D eigenvalue weighted by molar-refractivity contribution is -0.141. The fraction of sp³-hybridized carbons (Fsp3) is 0.591. The highest BCUT2D eigenvalue weighted by molar-refractivity contribution is 9.09. The lowest BCUT2D eigenvalue weighted by atomic mass is 9.70. The van der Waals surface area contributed by atoms with Crippen LogP contribution < -0.4 is 10.6 Å². The zero-order valence-electron chi connectivity index (χ0n) is 17.9. The molecular formula is C22H27BrClN3O4S. The van der Waals surface area contributed by atoms with Crippen molar-refractivity contribution in [2.45, 2.75) is 53.6 Å². The summed E-state index contributed by atoms with van der Waals surface area (Å²) in [5.74, 6) is -1.79. The van der Waals surface area contributed by atoms with E-state index in [0.717, 1.165) is 6.42 Å². The number of carbonyl (C=O) groups excluding carboxylic acids is 3. The number of carbonyl (C=O) groups is 3. The molecule has 3 N–H and O–H groups in total. The number of thioether (sulfide) groups is 1. The number of aliphatic hydroxyl groups is 1. The van der Waals surface area contributed by atoms with Gasteiger partial charge in [0.25, 0.3) is 0 Å². The van der Waals surface area contributed by atoms with E-state index < -0.39 is 28.7 Å². The van der Waals surface area contributed by atoms with Gasteiger partial charge in [-0.3, -0.25) is 14.4 Å². The summed E-state index contributed by atoms with van der Waals surface area (Å²) in [6.07, 6.45) is 1.40. The normalized spacial score (nSPS) is 33.8. The van der Waals surface area contributed by atoms with Gasteiger partial charge in [-0.2, -0.15) is 0 Å². The molecule has 4 rings (SSSR count). The molecule has 174 valence electrons. The van der Waals surface area contributed by atoms with E-state index in [1.54, 1.807) is 43.0 Å². The van der Waals surface area contributed by atoms with E-state index in [0.29, 0.717) is 23.7 Å². The van der Waals surface area contributed by atoms with Gasteiger partial charge in [0.2, 0.25) is 17.7 Å². The monoisotopic (exact) mass is 543 g/mol. The average Bonchev–Trinajstić information content (AvgIpc) is 3.36. The summed E-state index contributed by atoms with van der Waals surface area (Å²) < 4.78 is -0.732. The van der Waals surface area contributed by atoms with Crippen LogP contribution >= 0.6 is 39.3 Å². The Morgan fingerprint density at radius 2 is 2.03 bits per heavy atom. The molecule has 2 bridgehead atoms. The first kappa shape index (κ1) is 23.9. The van der Waals surface area contributed by atoms with Gasteiger partial charge in [-0.1, -0.05) is 34.5 Å². The third-order valence-electron chi connectivity index (χ3n) is 6.68. The summed E-state index contributed by atoms with van der Waals surface area (Å²) in [5.41, 5.74) is 0.577. The number of anilines is 1. The molecule has 32 heavy (non-hydrogen) atoms. The predicted octanol–water partition coefficient (Wildman–Crippen LogP) is 2.65. The summed E-state index contributed by atoms with van der Waals surface area (Å²) in [4.78, 5) is 41.9. The molecule has 0 saturated carbocycles. The topological polar surface area (TPSA) is 98.7 Å². The van der Waals surface area contributed by atoms with E-state index >= 15 is 0 Å². The first-order chi connectivity index (χ1) is 15.2. The average molecular weight is 545 g/mol. The number of alkyl halides is 1. The standard InChI is InChI=1S/C22H27BrClN3O4S/c1-3-8-25-19(29)15-16-21(31)27(11(2)10-28)18(22(16)9-14(23)17(15)32-22)20(30)26-13-6-4-12(24)5-7-13/h4-7,11,14-18,28H,3,8-10H2,1-2H3,(H,25,29)(H,26,30)/t11-,14?,15-,16+,17-,18?,22?/m1/s1. The van der Waals surface area contributed by atoms with E-state index in [4.69, 9.17) is 11.6 Å². The molecule has 1 aromatic rings. The Labute approximate surface area is 205 Å². The van der Waals surface area contributed by atoms with Gasteiger partial charge in [-0.15, -0.1) is 11.8 Å². The molecule has 3 amide bonds. The number of halogens is 2. The lowest BCUT2D eigenvalue weighted by Crippen LogP contribution is -2.55. The van der Waals surface area contributed by atoms with Crippen LogP contribution in [0.4, 0.5) is 5.69 Å². The van der Waals surface area contributed by atoms with Gasteiger partial charge < -0.3 is 20.6 Å². The number of likely N-dealkylation sites (tertiary alicyclic amines) is 1. The highest BCUT2D eigenvalue weighted by atomic mass is 79.9. The molecule has 3 saturated heterocycles. The van der Waals surface area contributed by atoms with Gasteiger partial charge in [-0.25, -0.2) is 0 Å². The Morgan fingerprint density at radius 1 is 1.34 bits per heavy atom. The molecule has 1 spiro atoms. The van der Waals surface area contributed by atoms with Crippen LogP contribution in [0, 0.1) is 11.8 Å². The molecule has 7 atom stereocenters. The number of fused-ring (bicyclic) bond motifs is 1. The maximum atomic E-state index is 13.7. The smallest absolute Gasteiger partial charge is 0.248 e. The van der Waals surface area contributed by atoms with Gasteiger partial charge in [0.05, 0.1) is 29.2 Å². The van der Waals surface area contributed by atoms with E-state index in [9.17, 15) is 19.5 Å². The van der Waals surface area contributed by atoms with Crippen molar-refractivity contribution in [2.75, 3.05) is 18.5 Å². The minimum atomic E-state index is -0.795. The SMILES string of the molecule is CCCNC(=O)[C@H]1[C@@H]2SC3(CC2Br)C(C(=O)Nc2ccc(Cl)cc2)N([C@H](C)CO)C(=O)[C@H]13. The Balaban J connectivity index is 1.71. The summed E-state index contributed by atoms with van der Waals surface area (Å²) in [6, 6.07) is 5.45. The van der Waals surface area contributed by atoms with Crippen molar-refractivity contribution in [3.05, 3.63) is 29.3 Å². The number of hydrogen-bond acceptors (Lipinski definition) is 5. The number of nitrogens with zero attached hydrogens (tertiary/aromatic N) is 1. The zero-order chi connectivity index (χ0) is 23.2. The number of aliphatic hydroxyl groups excluding tert-OH is 1. The summed E-state index contributed by atoms with van der Waals surface area (Å²) >= 11 is 11.3. The fourth-order valence-electron chi connectivity index (χ4n) is 5.34. The maximum Gasteiger partial charge on any atom is 0.248 e. The van der Waals surface area contributed by atoms with Gasteiger partial charge in [0.15, 0.2) is 0 Å². The summed E-state index contributed by atoms with van der Waals surface area (Å²) in [7, 11) is 0. The Kier molecular flexibility index (Phi) is 6.83. The van der Waals surface area contributed by atoms with Crippen molar-refractivity contribution in [1.82, 2.24) is 10.2 Å². The van der Waals surface area contributed by atoms with E-state index in [-0.39, 0.29) is 34.4 Å². The molecule has 0 radical (unpaired) electrons. The van der Waals surface area contributed by atoms with E-state index in [2.05, 4.69) is 26.6 Å². The Bertz CT molecular complexity index is 919. The molecule has 7 nitrogen and oxygen atoms in total. The first-order valence-electron chi connectivity index (χ1n) is 10.8. The second-order valence-electron chi connectivity index (χ2n) is 8.73. The molecule has 3 unspecified atom stereocenters. The molecule has 10 heteroatoms. The van der Waals surface area contributed by atoms with Gasteiger partial charge in [0.1, 0.15) is 6.04 Å². The summed E-state index contributed by atoms with van der Waals surface area (Å²) in [5, 5.41) is 16.2. The van der Waals surface area contributed by atoms with E-state index in [1.807, 2.05) is 6.92 Å². The second-order valence-corrected chi connectivity index (χ2v) is 11.9. The number of hydrogen-bond donors (Lipinski definition) is 3. The third-order valence-corrected chi connectivity index (χ3v) is 10.2. The predicted molar refractivity (Wildman–Crippen MR) is 129 cm³/mol. The van der Waals surface area contributed by atoms with Crippen LogP contribution in [0.3, 0.4) is 0 Å². The van der Waals surface area contributed by atoms with Crippen molar-refractivity contribution in [2.24, 2.45) is 11.8 Å². The Morgan fingerprint density at radius 3 is 2.66 bits per heavy atom. The van der Waals surface area contributed by atoms with Crippen molar-refractivity contribution in [3.63, 3.8) is 0 Å². The third kappa shape index (κ3) is 3.75. The highest BCUT2D eigenvalue weighted by Crippen LogP contribution is 2.68.